The molecule has 1 aromatic heterocycles. The Bertz CT molecular complexity index is 1600. The molecule has 2 heterocycles. The Morgan fingerprint density at radius 1 is 1.08 bits per heavy atom. The van der Waals surface area contributed by atoms with Gasteiger partial charge in [0.25, 0.3) is 5.56 Å². The van der Waals surface area contributed by atoms with Gasteiger partial charge in [-0.2, -0.15) is 0 Å². The molecule has 1 aliphatic rings. The smallest absolute Gasteiger partial charge is 0.341 e. The number of ether oxygens (including phenoxy) is 4. The average Bonchev–Trinajstić information content (AvgIpc) is 3.21. The lowest BCUT2D eigenvalue weighted by Gasteiger charge is -2.25. The van der Waals surface area contributed by atoms with Crippen LogP contribution in [0.15, 0.2) is 63.5 Å². The summed E-state index contributed by atoms with van der Waals surface area (Å²) in [5.74, 6) is -0.207. The van der Waals surface area contributed by atoms with Gasteiger partial charge in [-0.25, -0.2) is 14.6 Å². The second-order valence-electron chi connectivity index (χ2n) is 8.40. The van der Waals surface area contributed by atoms with Gasteiger partial charge >= 0.3 is 11.9 Å². The van der Waals surface area contributed by atoms with Crippen LogP contribution in [0.4, 0.5) is 0 Å². The molecule has 2 aromatic carbocycles. The highest BCUT2D eigenvalue weighted by Crippen LogP contribution is 2.36. The van der Waals surface area contributed by atoms with Crippen LogP contribution >= 0.6 is 11.3 Å². The van der Waals surface area contributed by atoms with E-state index < -0.39 is 24.6 Å². The molecule has 0 unspecified atom stereocenters. The number of aromatic nitrogens is 1. The molecule has 0 saturated carbocycles. The van der Waals surface area contributed by atoms with Crippen molar-refractivity contribution in [2.45, 2.75) is 26.8 Å². The number of nitrogens with zero attached hydrogens (tertiary/aromatic N) is 2. The molecule has 0 bridgehead atoms. The summed E-state index contributed by atoms with van der Waals surface area (Å²) in [5, 5.41) is 8.79. The molecule has 1 N–H and O–H groups in total. The van der Waals surface area contributed by atoms with Crippen LogP contribution in [-0.2, 0) is 14.3 Å². The lowest BCUT2D eigenvalue weighted by atomic mass is 9.95. The Kier molecular flexibility index (Phi) is 8.50. The van der Waals surface area contributed by atoms with Crippen molar-refractivity contribution in [1.82, 2.24) is 4.57 Å². The minimum absolute atomic E-state index is 0.172. The number of carboxylic acids is 1. The zero-order chi connectivity index (χ0) is 28.1. The molecule has 1 aliphatic heterocycles. The third kappa shape index (κ3) is 5.88. The molecular formula is C28H28N2O8S. The fourth-order valence-corrected chi connectivity index (χ4v) is 5.24. The SMILES string of the molecule is CCOC(=O)C1=C(C)N=c2s/c(=C/c3ccc(OCC(=O)O)cc3)c(=O)n2[C@@H]1c1ccc(OC)c(OCC)c1. The number of aliphatic carboxylic acids is 1. The van der Waals surface area contributed by atoms with Crippen molar-refractivity contribution in [3.05, 3.63) is 84.5 Å². The van der Waals surface area contributed by atoms with E-state index in [-0.39, 0.29) is 17.7 Å². The summed E-state index contributed by atoms with van der Waals surface area (Å²) in [7, 11) is 1.54. The Hall–Kier alpha value is -4.38. The van der Waals surface area contributed by atoms with E-state index >= 15 is 0 Å². The summed E-state index contributed by atoms with van der Waals surface area (Å²) in [6, 6.07) is 11.2. The highest BCUT2D eigenvalue weighted by molar-refractivity contribution is 7.07. The number of esters is 1. The van der Waals surface area contributed by atoms with Crippen LogP contribution in [0.3, 0.4) is 0 Å². The zero-order valence-electron chi connectivity index (χ0n) is 21.9. The van der Waals surface area contributed by atoms with E-state index in [1.807, 2.05) is 6.92 Å². The molecule has 10 nitrogen and oxygen atoms in total. The Labute approximate surface area is 228 Å². The largest absolute Gasteiger partial charge is 0.493 e. The van der Waals surface area contributed by atoms with Crippen molar-refractivity contribution in [3.8, 4) is 17.2 Å². The van der Waals surface area contributed by atoms with Crippen LogP contribution in [0.25, 0.3) is 6.08 Å². The molecule has 4 rings (SSSR count). The van der Waals surface area contributed by atoms with E-state index in [1.165, 1.54) is 15.9 Å². The molecular weight excluding hydrogens is 524 g/mol. The normalized spacial score (nSPS) is 14.9. The number of methoxy groups -OCH3 is 1. The number of hydrogen-bond acceptors (Lipinski definition) is 9. The van der Waals surface area contributed by atoms with Crippen LogP contribution < -0.4 is 29.1 Å². The summed E-state index contributed by atoms with van der Waals surface area (Å²) in [5.41, 5.74) is 1.76. The van der Waals surface area contributed by atoms with Crippen molar-refractivity contribution < 1.29 is 33.6 Å². The molecule has 3 aromatic rings. The van der Waals surface area contributed by atoms with Gasteiger partial charge in [-0.3, -0.25) is 9.36 Å². The first-order valence-corrected chi connectivity index (χ1v) is 13.0. The highest BCUT2D eigenvalue weighted by Gasteiger charge is 2.34. The van der Waals surface area contributed by atoms with Gasteiger partial charge in [-0.15, -0.1) is 0 Å². The monoisotopic (exact) mass is 552 g/mol. The van der Waals surface area contributed by atoms with Crippen molar-refractivity contribution in [1.29, 1.82) is 0 Å². The second-order valence-corrected chi connectivity index (χ2v) is 9.41. The third-order valence-electron chi connectivity index (χ3n) is 5.86. The van der Waals surface area contributed by atoms with Gasteiger partial charge in [0.1, 0.15) is 5.75 Å². The number of carbonyl (C=O) groups excluding carboxylic acids is 1. The molecule has 1 atom stereocenters. The van der Waals surface area contributed by atoms with Crippen LogP contribution in [-0.4, -0.2) is 48.5 Å². The van der Waals surface area contributed by atoms with Crippen molar-refractivity contribution in [2.24, 2.45) is 4.99 Å². The van der Waals surface area contributed by atoms with Gasteiger partial charge < -0.3 is 24.1 Å². The van der Waals surface area contributed by atoms with E-state index in [0.29, 0.717) is 50.0 Å². The lowest BCUT2D eigenvalue weighted by Crippen LogP contribution is -2.40. The quantitative estimate of drug-likeness (QED) is 0.381. The van der Waals surface area contributed by atoms with Crippen LogP contribution in [0.1, 0.15) is 37.9 Å². The first-order chi connectivity index (χ1) is 18.8. The number of hydrogen-bond donors (Lipinski definition) is 1. The summed E-state index contributed by atoms with van der Waals surface area (Å²) in [6.45, 7) is 5.42. The van der Waals surface area contributed by atoms with E-state index in [2.05, 4.69) is 4.99 Å². The van der Waals surface area contributed by atoms with Crippen molar-refractivity contribution in [2.75, 3.05) is 26.9 Å². The maximum absolute atomic E-state index is 13.8. The van der Waals surface area contributed by atoms with Crippen LogP contribution in [0.5, 0.6) is 17.2 Å². The van der Waals surface area contributed by atoms with E-state index in [9.17, 15) is 14.4 Å². The van der Waals surface area contributed by atoms with Gasteiger partial charge in [-0.05, 0) is 62.2 Å². The standard InChI is InChI=1S/C28H28N2O8S/c1-5-36-21-14-18(9-12-20(21)35-4)25-24(27(34)37-6-2)16(3)29-28-30(25)26(33)22(39-28)13-17-7-10-19(11-8-17)38-15-23(31)32/h7-14,25H,5-6,15H2,1-4H3,(H,31,32)/b22-13+/t25-/m1/s1. The second kappa shape index (κ2) is 12.0. The molecule has 0 fully saturated rings. The minimum atomic E-state index is -1.07. The highest BCUT2D eigenvalue weighted by atomic mass is 32.1. The molecule has 0 spiro atoms. The fraction of sp³-hybridized carbons (Fsp3) is 0.286. The Morgan fingerprint density at radius 3 is 2.46 bits per heavy atom. The average molecular weight is 553 g/mol. The summed E-state index contributed by atoms with van der Waals surface area (Å²) in [6.07, 6.45) is 1.71. The number of rotatable bonds is 10. The van der Waals surface area contributed by atoms with Gasteiger partial charge in [0, 0.05) is 0 Å². The summed E-state index contributed by atoms with van der Waals surface area (Å²) < 4.78 is 23.6. The summed E-state index contributed by atoms with van der Waals surface area (Å²) >= 11 is 1.20. The summed E-state index contributed by atoms with van der Waals surface area (Å²) in [4.78, 5) is 42.6. The van der Waals surface area contributed by atoms with Crippen LogP contribution in [0, 0.1) is 0 Å². The van der Waals surface area contributed by atoms with Crippen molar-refractivity contribution in [3.63, 3.8) is 0 Å². The molecule has 0 aliphatic carbocycles. The Morgan fingerprint density at radius 2 is 1.82 bits per heavy atom. The first kappa shape index (κ1) is 27.6. The van der Waals surface area contributed by atoms with E-state index in [1.54, 1.807) is 69.5 Å². The number of carboxylic acid groups (broad SMARTS) is 1. The number of benzene rings is 2. The van der Waals surface area contributed by atoms with Gasteiger partial charge in [0.15, 0.2) is 22.9 Å². The van der Waals surface area contributed by atoms with E-state index in [4.69, 9.17) is 24.1 Å². The van der Waals surface area contributed by atoms with E-state index in [0.717, 1.165) is 0 Å². The van der Waals surface area contributed by atoms with Crippen molar-refractivity contribution >= 4 is 29.4 Å². The predicted octanol–water partition coefficient (Wildman–Crippen LogP) is 2.67. The van der Waals surface area contributed by atoms with Gasteiger partial charge in [0.05, 0.1) is 42.2 Å². The molecule has 11 heteroatoms. The molecule has 0 amide bonds. The maximum Gasteiger partial charge on any atom is 0.341 e. The predicted molar refractivity (Wildman–Crippen MR) is 144 cm³/mol. The number of allylic oxidation sites excluding steroid dienone is 1. The lowest BCUT2D eigenvalue weighted by molar-refractivity contribution is -0.140. The molecule has 0 radical (unpaired) electrons. The number of fused-ring (bicyclic) bond motifs is 1. The maximum atomic E-state index is 13.8. The number of thiazole rings is 1. The fourth-order valence-electron chi connectivity index (χ4n) is 4.20. The minimum Gasteiger partial charge on any atom is -0.493 e. The molecule has 0 saturated heterocycles. The first-order valence-electron chi connectivity index (χ1n) is 12.2. The Balaban J connectivity index is 1.85. The van der Waals surface area contributed by atoms with Crippen LogP contribution in [0.2, 0.25) is 0 Å². The number of carbonyl (C=O) groups is 2. The topological polar surface area (TPSA) is 126 Å². The molecule has 204 valence electrons. The van der Waals surface area contributed by atoms with Gasteiger partial charge in [0.2, 0.25) is 0 Å². The third-order valence-corrected chi connectivity index (χ3v) is 6.84. The van der Waals surface area contributed by atoms with Gasteiger partial charge in [-0.1, -0.05) is 29.5 Å². The molecule has 39 heavy (non-hydrogen) atoms. The zero-order valence-corrected chi connectivity index (χ0v) is 22.7.